The first-order chi connectivity index (χ1) is 9.19. The molecule has 0 aliphatic carbocycles. The minimum Gasteiger partial charge on any atom is -0.457 e. The van der Waals surface area contributed by atoms with Crippen LogP contribution < -0.4 is 10.1 Å². The van der Waals surface area contributed by atoms with Gasteiger partial charge in [-0.2, -0.15) is 0 Å². The van der Waals surface area contributed by atoms with Gasteiger partial charge < -0.3 is 10.1 Å². The van der Waals surface area contributed by atoms with Crippen LogP contribution in [0.2, 0.25) is 0 Å². The zero-order valence-corrected chi connectivity index (χ0v) is 11.1. The minimum absolute atomic E-state index is 0.309. The van der Waals surface area contributed by atoms with E-state index in [1.807, 2.05) is 19.9 Å². The average Bonchev–Trinajstić information content (AvgIpc) is 2.38. The fourth-order valence-electron chi connectivity index (χ4n) is 1.71. The summed E-state index contributed by atoms with van der Waals surface area (Å²) in [6.45, 7) is 5.48. The summed E-state index contributed by atoms with van der Waals surface area (Å²) in [7, 11) is 0. The molecule has 1 aromatic heterocycles. The molecule has 0 aliphatic heterocycles. The molecule has 0 fully saturated rings. The number of aryl methyl sites for hydroxylation is 1. The molecule has 2 aromatic rings. The molecule has 0 atom stereocenters. The van der Waals surface area contributed by atoms with Crippen LogP contribution in [0.15, 0.2) is 36.5 Å². The van der Waals surface area contributed by atoms with E-state index in [9.17, 15) is 4.39 Å². The first-order valence-corrected chi connectivity index (χ1v) is 6.28. The Labute approximate surface area is 112 Å². The van der Waals surface area contributed by atoms with Gasteiger partial charge in [0, 0.05) is 36.1 Å². The van der Waals surface area contributed by atoms with Crippen molar-refractivity contribution in [3.05, 3.63) is 53.6 Å². The lowest BCUT2D eigenvalue weighted by molar-refractivity contribution is 0.466. The number of rotatable bonds is 5. The third-order valence-electron chi connectivity index (χ3n) is 2.67. The number of hydrogen-bond donors (Lipinski definition) is 1. The van der Waals surface area contributed by atoms with E-state index < -0.39 is 0 Å². The molecule has 0 spiro atoms. The number of nitrogens with zero attached hydrogens (tertiary/aromatic N) is 1. The highest BCUT2D eigenvalue weighted by molar-refractivity contribution is 5.37. The van der Waals surface area contributed by atoms with Crippen LogP contribution in [0.3, 0.4) is 0 Å². The smallest absolute Gasteiger partial charge is 0.135 e. The molecule has 1 heterocycles. The van der Waals surface area contributed by atoms with E-state index in [0.29, 0.717) is 18.0 Å². The van der Waals surface area contributed by atoms with Gasteiger partial charge in [-0.05, 0) is 25.6 Å². The average molecular weight is 260 g/mol. The van der Waals surface area contributed by atoms with E-state index in [4.69, 9.17) is 4.74 Å². The van der Waals surface area contributed by atoms with Gasteiger partial charge in [-0.3, -0.25) is 4.98 Å². The number of aromatic nitrogens is 1. The molecule has 0 unspecified atom stereocenters. The third-order valence-corrected chi connectivity index (χ3v) is 2.67. The summed E-state index contributed by atoms with van der Waals surface area (Å²) in [6.07, 6.45) is 1.78. The fraction of sp³-hybridized carbons (Fsp3) is 0.267. The van der Waals surface area contributed by atoms with E-state index in [1.165, 1.54) is 12.1 Å². The highest BCUT2D eigenvalue weighted by atomic mass is 19.1. The molecule has 1 aromatic carbocycles. The van der Waals surface area contributed by atoms with E-state index >= 15 is 0 Å². The van der Waals surface area contributed by atoms with Crippen molar-refractivity contribution in [1.29, 1.82) is 0 Å². The summed E-state index contributed by atoms with van der Waals surface area (Å²) >= 11 is 0. The standard InChI is InChI=1S/C15H17FN2O/c1-3-17-9-12-10-18-11(2)7-15(12)19-14-6-4-5-13(16)8-14/h4-8,10,17H,3,9H2,1-2H3. The van der Waals surface area contributed by atoms with Crippen LogP contribution in [0.25, 0.3) is 0 Å². The number of ether oxygens (including phenoxy) is 1. The predicted octanol–water partition coefficient (Wildman–Crippen LogP) is 3.43. The summed E-state index contributed by atoms with van der Waals surface area (Å²) < 4.78 is 18.9. The van der Waals surface area contributed by atoms with Gasteiger partial charge >= 0.3 is 0 Å². The molecule has 0 saturated carbocycles. The van der Waals surface area contributed by atoms with Gasteiger partial charge in [0.05, 0.1) is 0 Å². The van der Waals surface area contributed by atoms with Crippen molar-refractivity contribution in [2.45, 2.75) is 20.4 Å². The van der Waals surface area contributed by atoms with Crippen molar-refractivity contribution in [2.75, 3.05) is 6.54 Å². The quantitative estimate of drug-likeness (QED) is 0.894. The summed E-state index contributed by atoms with van der Waals surface area (Å²) in [5.74, 6) is 0.888. The van der Waals surface area contributed by atoms with Crippen molar-refractivity contribution in [2.24, 2.45) is 0 Å². The molecular weight excluding hydrogens is 243 g/mol. The predicted molar refractivity (Wildman–Crippen MR) is 72.8 cm³/mol. The Morgan fingerprint density at radius 3 is 2.89 bits per heavy atom. The van der Waals surface area contributed by atoms with Crippen LogP contribution in [0.4, 0.5) is 4.39 Å². The highest BCUT2D eigenvalue weighted by Gasteiger charge is 2.06. The molecule has 19 heavy (non-hydrogen) atoms. The van der Waals surface area contributed by atoms with Gasteiger partial charge in [0.2, 0.25) is 0 Å². The summed E-state index contributed by atoms with van der Waals surface area (Å²) in [5, 5.41) is 3.23. The Bertz CT molecular complexity index is 558. The van der Waals surface area contributed by atoms with E-state index in [1.54, 1.807) is 18.3 Å². The van der Waals surface area contributed by atoms with Crippen LogP contribution in [-0.4, -0.2) is 11.5 Å². The van der Waals surface area contributed by atoms with Crippen molar-refractivity contribution in [3.63, 3.8) is 0 Å². The van der Waals surface area contributed by atoms with Gasteiger partial charge in [-0.25, -0.2) is 4.39 Å². The fourth-order valence-corrected chi connectivity index (χ4v) is 1.71. The van der Waals surface area contributed by atoms with E-state index in [0.717, 1.165) is 17.8 Å². The zero-order chi connectivity index (χ0) is 13.7. The highest BCUT2D eigenvalue weighted by Crippen LogP contribution is 2.26. The largest absolute Gasteiger partial charge is 0.457 e. The van der Waals surface area contributed by atoms with Crippen molar-refractivity contribution >= 4 is 0 Å². The van der Waals surface area contributed by atoms with Crippen LogP contribution in [-0.2, 0) is 6.54 Å². The number of halogens is 1. The van der Waals surface area contributed by atoms with Gasteiger partial charge in [0.25, 0.3) is 0 Å². The van der Waals surface area contributed by atoms with Crippen molar-refractivity contribution in [1.82, 2.24) is 10.3 Å². The maximum atomic E-state index is 13.1. The van der Waals surface area contributed by atoms with E-state index in [-0.39, 0.29) is 5.82 Å². The molecule has 0 radical (unpaired) electrons. The Balaban J connectivity index is 2.24. The maximum Gasteiger partial charge on any atom is 0.135 e. The second-order valence-corrected chi connectivity index (χ2v) is 4.27. The lowest BCUT2D eigenvalue weighted by Crippen LogP contribution is -2.12. The molecule has 0 bridgehead atoms. The Hall–Kier alpha value is -1.94. The normalized spacial score (nSPS) is 10.5. The SMILES string of the molecule is CCNCc1cnc(C)cc1Oc1cccc(F)c1. The van der Waals surface area contributed by atoms with Crippen LogP contribution in [0, 0.1) is 12.7 Å². The molecule has 0 amide bonds. The van der Waals surface area contributed by atoms with Crippen LogP contribution in [0.1, 0.15) is 18.2 Å². The second kappa shape index (κ2) is 6.29. The minimum atomic E-state index is -0.309. The molecule has 0 aliphatic rings. The lowest BCUT2D eigenvalue weighted by Gasteiger charge is -2.12. The Kier molecular flexibility index (Phi) is 4.47. The number of hydrogen-bond acceptors (Lipinski definition) is 3. The number of benzene rings is 1. The van der Waals surface area contributed by atoms with E-state index in [2.05, 4.69) is 10.3 Å². The maximum absolute atomic E-state index is 13.1. The Morgan fingerprint density at radius 1 is 1.32 bits per heavy atom. The van der Waals surface area contributed by atoms with Crippen molar-refractivity contribution < 1.29 is 9.13 Å². The van der Waals surface area contributed by atoms with Crippen LogP contribution in [0.5, 0.6) is 11.5 Å². The van der Waals surface area contributed by atoms with Gasteiger partial charge in [0.15, 0.2) is 0 Å². The second-order valence-electron chi connectivity index (χ2n) is 4.27. The van der Waals surface area contributed by atoms with Gasteiger partial charge in [-0.1, -0.05) is 13.0 Å². The molecule has 0 saturated heterocycles. The summed E-state index contributed by atoms with van der Waals surface area (Å²) in [4.78, 5) is 4.26. The molecule has 100 valence electrons. The molecular formula is C15H17FN2O. The summed E-state index contributed by atoms with van der Waals surface area (Å²) in [6, 6.07) is 7.98. The number of nitrogens with one attached hydrogen (secondary N) is 1. The topological polar surface area (TPSA) is 34.2 Å². The van der Waals surface area contributed by atoms with Crippen LogP contribution >= 0.6 is 0 Å². The van der Waals surface area contributed by atoms with Gasteiger partial charge in [-0.15, -0.1) is 0 Å². The first-order valence-electron chi connectivity index (χ1n) is 6.28. The monoisotopic (exact) mass is 260 g/mol. The molecule has 1 N–H and O–H groups in total. The molecule has 2 rings (SSSR count). The summed E-state index contributed by atoms with van der Waals surface area (Å²) in [5.41, 5.74) is 1.82. The first kappa shape index (κ1) is 13.5. The number of pyridine rings is 1. The molecule has 4 heteroatoms. The third kappa shape index (κ3) is 3.76. The van der Waals surface area contributed by atoms with Gasteiger partial charge in [0.1, 0.15) is 17.3 Å². The van der Waals surface area contributed by atoms with Crippen molar-refractivity contribution in [3.8, 4) is 11.5 Å². The zero-order valence-electron chi connectivity index (χ0n) is 11.1. The Morgan fingerprint density at radius 2 is 2.16 bits per heavy atom. The lowest BCUT2D eigenvalue weighted by atomic mass is 10.2. The molecule has 3 nitrogen and oxygen atoms in total.